The SMILES string of the molecule is CC(=O)C1CC[C@H]2C3CC[C@H]4CCCCC4(C)[C@H]3CCC12C. The van der Waals surface area contributed by atoms with Crippen molar-refractivity contribution in [3.8, 4) is 0 Å². The molecular formula is C21H34O. The highest BCUT2D eigenvalue weighted by Gasteiger charge is 2.60. The Morgan fingerprint density at radius 1 is 0.818 bits per heavy atom. The molecule has 124 valence electrons. The summed E-state index contributed by atoms with van der Waals surface area (Å²) < 4.78 is 0. The van der Waals surface area contributed by atoms with E-state index in [0.717, 1.165) is 23.7 Å². The molecule has 4 unspecified atom stereocenters. The Morgan fingerprint density at radius 2 is 1.59 bits per heavy atom. The van der Waals surface area contributed by atoms with Crippen LogP contribution in [0, 0.1) is 40.4 Å². The summed E-state index contributed by atoms with van der Waals surface area (Å²) in [6, 6.07) is 0. The lowest BCUT2D eigenvalue weighted by atomic mass is 9.45. The molecule has 0 aliphatic heterocycles. The first-order valence-electron chi connectivity index (χ1n) is 9.97. The van der Waals surface area contributed by atoms with Crippen LogP contribution in [0.1, 0.15) is 85.0 Å². The van der Waals surface area contributed by atoms with E-state index in [1.54, 1.807) is 0 Å². The second-order valence-corrected chi connectivity index (χ2v) is 9.69. The molecule has 0 aromatic rings. The smallest absolute Gasteiger partial charge is 0.133 e. The minimum Gasteiger partial charge on any atom is -0.300 e. The van der Waals surface area contributed by atoms with Crippen molar-refractivity contribution in [1.29, 1.82) is 0 Å². The summed E-state index contributed by atoms with van der Waals surface area (Å²) in [7, 11) is 0. The summed E-state index contributed by atoms with van der Waals surface area (Å²) in [5.74, 6) is 4.60. The van der Waals surface area contributed by atoms with Gasteiger partial charge in [0.2, 0.25) is 0 Å². The third kappa shape index (κ3) is 1.93. The van der Waals surface area contributed by atoms with E-state index in [9.17, 15) is 4.79 Å². The number of carbonyl (C=O) groups excluding carboxylic acids is 1. The van der Waals surface area contributed by atoms with E-state index in [0.29, 0.717) is 22.5 Å². The van der Waals surface area contributed by atoms with Gasteiger partial charge in [-0.3, -0.25) is 4.79 Å². The molecule has 0 amide bonds. The topological polar surface area (TPSA) is 17.1 Å². The van der Waals surface area contributed by atoms with Gasteiger partial charge in [0.05, 0.1) is 0 Å². The van der Waals surface area contributed by atoms with E-state index in [-0.39, 0.29) is 0 Å². The van der Waals surface area contributed by atoms with Gasteiger partial charge in [0.15, 0.2) is 0 Å². The van der Waals surface area contributed by atoms with Gasteiger partial charge in [0.25, 0.3) is 0 Å². The average molecular weight is 303 g/mol. The molecule has 0 saturated heterocycles. The fourth-order valence-corrected chi connectivity index (χ4v) is 7.96. The Hall–Kier alpha value is -0.330. The second kappa shape index (κ2) is 5.08. The predicted octanol–water partition coefficient (Wildman–Crippen LogP) is 5.62. The highest BCUT2D eigenvalue weighted by Crippen LogP contribution is 2.67. The Morgan fingerprint density at radius 3 is 2.36 bits per heavy atom. The van der Waals surface area contributed by atoms with Crippen LogP contribution >= 0.6 is 0 Å². The molecule has 1 nitrogen and oxygen atoms in total. The standard InChI is InChI=1S/C21H34O/c1-14(22)17-9-10-18-16-8-7-15-6-4-5-12-20(15,2)19(16)11-13-21(17,18)3/h15-19H,4-13H2,1-3H3/t15-,16?,17?,18+,19+,20?,21?/m1/s1. The molecule has 22 heavy (non-hydrogen) atoms. The summed E-state index contributed by atoms with van der Waals surface area (Å²) in [5.41, 5.74) is 0.974. The van der Waals surface area contributed by atoms with Gasteiger partial charge in [-0.15, -0.1) is 0 Å². The van der Waals surface area contributed by atoms with Crippen LogP contribution in [0.25, 0.3) is 0 Å². The monoisotopic (exact) mass is 302 g/mol. The number of ketones is 1. The number of fused-ring (bicyclic) bond motifs is 5. The third-order valence-corrected chi connectivity index (χ3v) is 9.07. The van der Waals surface area contributed by atoms with Crippen LogP contribution in [0.2, 0.25) is 0 Å². The van der Waals surface area contributed by atoms with E-state index in [4.69, 9.17) is 0 Å². The summed E-state index contributed by atoms with van der Waals surface area (Å²) in [4.78, 5) is 12.2. The number of hydrogen-bond donors (Lipinski definition) is 0. The molecule has 0 spiro atoms. The van der Waals surface area contributed by atoms with Gasteiger partial charge >= 0.3 is 0 Å². The number of hydrogen-bond acceptors (Lipinski definition) is 1. The van der Waals surface area contributed by atoms with Crippen LogP contribution in [0.3, 0.4) is 0 Å². The minimum absolute atomic E-state index is 0.338. The molecule has 0 radical (unpaired) electrons. The third-order valence-electron chi connectivity index (χ3n) is 9.07. The second-order valence-electron chi connectivity index (χ2n) is 9.69. The van der Waals surface area contributed by atoms with Crippen molar-refractivity contribution in [2.24, 2.45) is 40.4 Å². The molecule has 0 aromatic heterocycles. The zero-order valence-corrected chi connectivity index (χ0v) is 14.9. The highest BCUT2D eigenvalue weighted by atomic mass is 16.1. The summed E-state index contributed by atoms with van der Waals surface area (Å²) in [6.45, 7) is 6.97. The fourth-order valence-electron chi connectivity index (χ4n) is 7.96. The Balaban J connectivity index is 1.63. The molecule has 4 rings (SSSR count). The van der Waals surface area contributed by atoms with Gasteiger partial charge in [-0.2, -0.15) is 0 Å². The maximum Gasteiger partial charge on any atom is 0.133 e. The Kier molecular flexibility index (Phi) is 3.51. The molecule has 0 aromatic carbocycles. The summed E-state index contributed by atoms with van der Waals surface area (Å²) in [6.07, 6.45) is 14.1. The van der Waals surface area contributed by atoms with E-state index in [1.165, 1.54) is 64.2 Å². The van der Waals surface area contributed by atoms with Crippen molar-refractivity contribution >= 4 is 5.78 Å². The van der Waals surface area contributed by atoms with Gasteiger partial charge in [-0.25, -0.2) is 0 Å². The number of rotatable bonds is 1. The fraction of sp³-hybridized carbons (Fsp3) is 0.952. The Labute approximate surface area is 136 Å². The van der Waals surface area contributed by atoms with Gasteiger partial charge in [0.1, 0.15) is 5.78 Å². The first-order valence-corrected chi connectivity index (χ1v) is 9.97. The van der Waals surface area contributed by atoms with Crippen molar-refractivity contribution in [2.45, 2.75) is 85.0 Å². The van der Waals surface area contributed by atoms with Crippen LogP contribution in [0.15, 0.2) is 0 Å². The first-order chi connectivity index (χ1) is 10.5. The molecular weight excluding hydrogens is 268 g/mol. The predicted molar refractivity (Wildman–Crippen MR) is 90.5 cm³/mol. The van der Waals surface area contributed by atoms with Gasteiger partial charge < -0.3 is 0 Å². The van der Waals surface area contributed by atoms with Crippen molar-refractivity contribution in [2.75, 3.05) is 0 Å². The van der Waals surface area contributed by atoms with Crippen molar-refractivity contribution in [3.63, 3.8) is 0 Å². The van der Waals surface area contributed by atoms with Crippen molar-refractivity contribution < 1.29 is 4.79 Å². The highest BCUT2D eigenvalue weighted by molar-refractivity contribution is 5.79. The normalized spacial score (nSPS) is 54.2. The molecule has 4 aliphatic rings. The lowest BCUT2D eigenvalue weighted by Gasteiger charge is -2.60. The number of Topliss-reactive ketones (excluding diaryl/α,β-unsaturated/α-hetero) is 1. The average Bonchev–Trinajstić information content (AvgIpc) is 2.84. The quantitative estimate of drug-likeness (QED) is 0.614. The zero-order valence-electron chi connectivity index (χ0n) is 14.9. The molecule has 0 N–H and O–H groups in total. The molecule has 0 bridgehead atoms. The lowest BCUT2D eigenvalue weighted by Crippen LogP contribution is -2.53. The van der Waals surface area contributed by atoms with Crippen LogP contribution in [0.5, 0.6) is 0 Å². The molecule has 4 fully saturated rings. The Bertz CT molecular complexity index is 469. The number of carbonyl (C=O) groups is 1. The van der Waals surface area contributed by atoms with E-state index in [2.05, 4.69) is 13.8 Å². The van der Waals surface area contributed by atoms with Crippen LogP contribution < -0.4 is 0 Å². The molecule has 7 atom stereocenters. The van der Waals surface area contributed by atoms with Gasteiger partial charge in [-0.1, -0.05) is 26.7 Å². The van der Waals surface area contributed by atoms with E-state index in [1.807, 2.05) is 6.92 Å². The van der Waals surface area contributed by atoms with Crippen LogP contribution in [-0.4, -0.2) is 5.78 Å². The lowest BCUT2D eigenvalue weighted by molar-refractivity contribution is -0.133. The van der Waals surface area contributed by atoms with Crippen molar-refractivity contribution in [1.82, 2.24) is 0 Å². The van der Waals surface area contributed by atoms with E-state index >= 15 is 0 Å². The largest absolute Gasteiger partial charge is 0.300 e. The van der Waals surface area contributed by atoms with Gasteiger partial charge in [0, 0.05) is 5.92 Å². The summed E-state index contributed by atoms with van der Waals surface area (Å²) >= 11 is 0. The van der Waals surface area contributed by atoms with Crippen LogP contribution in [-0.2, 0) is 4.79 Å². The minimum atomic E-state index is 0.338. The maximum absolute atomic E-state index is 12.2. The molecule has 4 aliphatic carbocycles. The zero-order chi connectivity index (χ0) is 15.5. The molecule has 4 saturated carbocycles. The van der Waals surface area contributed by atoms with Crippen LogP contribution in [0.4, 0.5) is 0 Å². The summed E-state index contributed by atoms with van der Waals surface area (Å²) in [5, 5.41) is 0. The van der Waals surface area contributed by atoms with Gasteiger partial charge in [-0.05, 0) is 92.8 Å². The van der Waals surface area contributed by atoms with Crippen molar-refractivity contribution in [3.05, 3.63) is 0 Å². The molecule has 1 heteroatoms. The molecule has 0 heterocycles. The van der Waals surface area contributed by atoms with E-state index < -0.39 is 0 Å². The maximum atomic E-state index is 12.2. The first kappa shape index (κ1) is 15.2.